The molecule has 1 aromatic heterocycles. The molecule has 1 aromatic rings. The summed E-state index contributed by atoms with van der Waals surface area (Å²) in [7, 11) is 0. The Bertz CT molecular complexity index is 307. The summed E-state index contributed by atoms with van der Waals surface area (Å²) in [5, 5.41) is 1.11. The van der Waals surface area contributed by atoms with E-state index in [1.54, 1.807) is 11.3 Å². The van der Waals surface area contributed by atoms with Crippen molar-refractivity contribution in [1.29, 1.82) is 0 Å². The van der Waals surface area contributed by atoms with Gasteiger partial charge in [-0.15, -0.1) is 23.1 Å². The molecule has 0 fully saturated rings. The van der Waals surface area contributed by atoms with Gasteiger partial charge in [-0.05, 0) is 25.2 Å². The molecule has 0 aromatic carbocycles. The van der Waals surface area contributed by atoms with Crippen LogP contribution >= 0.6 is 34.7 Å². The van der Waals surface area contributed by atoms with Crippen LogP contribution in [0.4, 0.5) is 0 Å². The number of hydrogen-bond donors (Lipinski definition) is 0. The predicted molar refractivity (Wildman–Crippen MR) is 67.4 cm³/mol. The number of aromatic nitrogens is 1. The normalized spacial score (nSPS) is 11.4. The van der Waals surface area contributed by atoms with E-state index in [-0.39, 0.29) is 0 Å². The second-order valence-corrected chi connectivity index (χ2v) is 5.72. The Balaban J connectivity index is 2.64. The molecule has 14 heavy (non-hydrogen) atoms. The van der Waals surface area contributed by atoms with Crippen molar-refractivity contribution in [2.75, 3.05) is 5.75 Å². The first-order valence-electron chi connectivity index (χ1n) is 4.65. The van der Waals surface area contributed by atoms with Crippen molar-refractivity contribution in [1.82, 2.24) is 4.98 Å². The number of rotatable bonds is 5. The Morgan fingerprint density at radius 3 is 3.00 bits per heavy atom. The zero-order valence-corrected chi connectivity index (χ0v) is 10.8. The molecule has 0 aliphatic heterocycles. The van der Waals surface area contributed by atoms with Gasteiger partial charge in [-0.1, -0.05) is 24.9 Å². The highest BCUT2D eigenvalue weighted by atomic mass is 35.5. The van der Waals surface area contributed by atoms with E-state index in [4.69, 9.17) is 11.6 Å². The maximum atomic E-state index is 5.55. The molecule has 0 bridgehead atoms. The maximum absolute atomic E-state index is 5.55. The molecule has 0 spiro atoms. The van der Waals surface area contributed by atoms with Crippen molar-refractivity contribution in [2.24, 2.45) is 0 Å². The van der Waals surface area contributed by atoms with Gasteiger partial charge >= 0.3 is 0 Å². The number of hydrogen-bond acceptors (Lipinski definition) is 3. The summed E-state index contributed by atoms with van der Waals surface area (Å²) in [5.74, 6) is 1.17. The van der Waals surface area contributed by atoms with Gasteiger partial charge in [0.15, 0.2) is 0 Å². The highest BCUT2D eigenvalue weighted by molar-refractivity contribution is 8.01. The summed E-state index contributed by atoms with van der Waals surface area (Å²) in [6.45, 7) is 4.23. The lowest BCUT2D eigenvalue weighted by Crippen LogP contribution is -1.78. The number of thioether (sulfide) groups is 1. The number of nitrogens with zero attached hydrogens (tertiary/aromatic N) is 1. The van der Waals surface area contributed by atoms with Crippen molar-refractivity contribution in [3.05, 3.63) is 16.2 Å². The highest BCUT2D eigenvalue weighted by Gasteiger charge is 2.06. The minimum atomic E-state index is 1.02. The minimum absolute atomic E-state index is 1.02. The van der Waals surface area contributed by atoms with E-state index in [1.807, 2.05) is 24.8 Å². The average molecular weight is 248 g/mol. The summed E-state index contributed by atoms with van der Waals surface area (Å²) in [6.07, 6.45) is 4.36. The molecule has 0 saturated carbocycles. The standard InChI is InChI=1S/C10H14ClNS2/c1-3-4-7-13-10-9(5-6-11)12-8(2)14-10/h5-6H,3-4,7H2,1-2H3. The number of unbranched alkanes of at least 4 members (excludes halogenated alkanes) is 1. The predicted octanol–water partition coefficient (Wildman–Crippen LogP) is 4.55. The van der Waals surface area contributed by atoms with E-state index in [1.165, 1.54) is 28.3 Å². The van der Waals surface area contributed by atoms with Crippen molar-refractivity contribution in [3.8, 4) is 0 Å². The molecule has 0 radical (unpaired) electrons. The zero-order valence-electron chi connectivity index (χ0n) is 8.42. The van der Waals surface area contributed by atoms with Gasteiger partial charge in [0.25, 0.3) is 0 Å². The zero-order chi connectivity index (χ0) is 10.4. The molecule has 0 saturated heterocycles. The molecule has 0 amide bonds. The van der Waals surface area contributed by atoms with Gasteiger partial charge in [-0.3, -0.25) is 0 Å². The lowest BCUT2D eigenvalue weighted by Gasteiger charge is -1.96. The van der Waals surface area contributed by atoms with Crippen LogP contribution in [0.25, 0.3) is 6.08 Å². The van der Waals surface area contributed by atoms with Crippen molar-refractivity contribution < 1.29 is 0 Å². The summed E-state index contributed by atoms with van der Waals surface area (Å²) in [6, 6.07) is 0. The maximum Gasteiger partial charge on any atom is 0.0913 e. The summed E-state index contributed by atoms with van der Waals surface area (Å²) < 4.78 is 1.29. The molecule has 4 heteroatoms. The molecular formula is C10H14ClNS2. The fraction of sp³-hybridized carbons (Fsp3) is 0.500. The molecule has 1 nitrogen and oxygen atoms in total. The van der Waals surface area contributed by atoms with Crippen LogP contribution in [0.5, 0.6) is 0 Å². The molecule has 0 aliphatic carbocycles. The monoisotopic (exact) mass is 247 g/mol. The van der Waals surface area contributed by atoms with Gasteiger partial charge in [0, 0.05) is 5.54 Å². The van der Waals surface area contributed by atoms with E-state index in [0.717, 1.165) is 10.7 Å². The highest BCUT2D eigenvalue weighted by Crippen LogP contribution is 2.30. The Morgan fingerprint density at radius 1 is 1.57 bits per heavy atom. The molecule has 0 unspecified atom stereocenters. The number of aryl methyl sites for hydroxylation is 1. The van der Waals surface area contributed by atoms with Crippen LogP contribution in [0.2, 0.25) is 0 Å². The van der Waals surface area contributed by atoms with E-state index >= 15 is 0 Å². The largest absolute Gasteiger partial charge is 0.241 e. The van der Waals surface area contributed by atoms with Crippen LogP contribution in [-0.4, -0.2) is 10.7 Å². The van der Waals surface area contributed by atoms with Crippen LogP contribution in [0.15, 0.2) is 9.74 Å². The summed E-state index contributed by atoms with van der Waals surface area (Å²) in [4.78, 5) is 4.41. The Labute approximate surface area is 98.6 Å². The van der Waals surface area contributed by atoms with Gasteiger partial charge in [0.1, 0.15) is 0 Å². The average Bonchev–Trinajstić information content (AvgIpc) is 2.48. The molecule has 1 heterocycles. The summed E-state index contributed by atoms with van der Waals surface area (Å²) in [5.41, 5.74) is 2.54. The Kier molecular flexibility index (Phi) is 5.60. The smallest absolute Gasteiger partial charge is 0.0913 e. The lowest BCUT2D eigenvalue weighted by molar-refractivity contribution is 0.896. The van der Waals surface area contributed by atoms with Gasteiger partial charge in [0.2, 0.25) is 0 Å². The van der Waals surface area contributed by atoms with Gasteiger partial charge in [0.05, 0.1) is 14.9 Å². The molecule has 1 rings (SSSR count). The van der Waals surface area contributed by atoms with E-state index in [9.17, 15) is 0 Å². The summed E-state index contributed by atoms with van der Waals surface area (Å²) >= 11 is 9.18. The van der Waals surface area contributed by atoms with E-state index in [2.05, 4.69) is 11.9 Å². The molecule has 78 valence electrons. The third-order valence-electron chi connectivity index (χ3n) is 1.68. The topological polar surface area (TPSA) is 12.9 Å². The van der Waals surface area contributed by atoms with Crippen LogP contribution in [0.3, 0.4) is 0 Å². The van der Waals surface area contributed by atoms with Crippen molar-refractivity contribution in [2.45, 2.75) is 30.9 Å². The molecule has 0 atom stereocenters. The van der Waals surface area contributed by atoms with Crippen LogP contribution < -0.4 is 0 Å². The Morgan fingerprint density at radius 2 is 2.36 bits per heavy atom. The van der Waals surface area contributed by atoms with Crippen LogP contribution in [-0.2, 0) is 0 Å². The van der Waals surface area contributed by atoms with Crippen LogP contribution in [0, 0.1) is 6.92 Å². The SMILES string of the molecule is CCCCSc1sc(C)nc1C=CCl. The third kappa shape index (κ3) is 3.64. The van der Waals surface area contributed by atoms with Crippen molar-refractivity contribution >= 4 is 40.8 Å². The number of thiazole rings is 1. The third-order valence-corrected chi connectivity index (χ3v) is 4.15. The van der Waals surface area contributed by atoms with Gasteiger partial charge < -0.3 is 0 Å². The first-order chi connectivity index (χ1) is 6.77. The fourth-order valence-corrected chi connectivity index (χ4v) is 3.48. The lowest BCUT2D eigenvalue weighted by atomic mass is 10.4. The first-order valence-corrected chi connectivity index (χ1v) is 6.88. The second-order valence-electron chi connectivity index (χ2n) is 2.90. The Hall–Kier alpha value is 0.01000. The minimum Gasteiger partial charge on any atom is -0.241 e. The number of halogens is 1. The van der Waals surface area contributed by atoms with E-state index < -0.39 is 0 Å². The van der Waals surface area contributed by atoms with Gasteiger partial charge in [-0.2, -0.15) is 0 Å². The van der Waals surface area contributed by atoms with Crippen molar-refractivity contribution in [3.63, 3.8) is 0 Å². The molecular weight excluding hydrogens is 234 g/mol. The van der Waals surface area contributed by atoms with Crippen LogP contribution in [0.1, 0.15) is 30.5 Å². The first kappa shape index (κ1) is 12.1. The second kappa shape index (κ2) is 6.49. The van der Waals surface area contributed by atoms with Gasteiger partial charge in [-0.25, -0.2) is 4.98 Å². The van der Waals surface area contributed by atoms with E-state index in [0.29, 0.717) is 0 Å². The fourth-order valence-electron chi connectivity index (χ4n) is 1.00. The molecule has 0 N–H and O–H groups in total. The molecule has 0 aliphatic rings. The quantitative estimate of drug-likeness (QED) is 0.559.